The number of hydrogen-bond donors (Lipinski definition) is 0. The van der Waals surface area contributed by atoms with Crippen LogP contribution in [-0.4, -0.2) is 41.7 Å². The molecule has 5 aromatic rings. The Morgan fingerprint density at radius 1 is 1.15 bits per heavy atom. The van der Waals surface area contributed by atoms with Gasteiger partial charge in [-0.05, 0) is 37.1 Å². The third kappa shape index (κ3) is 3.22. The summed E-state index contributed by atoms with van der Waals surface area (Å²) in [5.74, 6) is 0. The van der Waals surface area contributed by atoms with Gasteiger partial charge in [0.05, 0.1) is 34.3 Å². The Kier molecular flexibility index (Phi) is 4.78. The highest BCUT2D eigenvalue weighted by atomic mass is 35.5. The molecule has 10 nitrogen and oxygen atoms in total. The zero-order valence-corrected chi connectivity index (χ0v) is 18.5. The Balaban J connectivity index is 1.68. The predicted molar refractivity (Wildman–Crippen MR) is 127 cm³/mol. The second-order valence-corrected chi connectivity index (χ2v) is 8.56. The predicted octanol–water partition coefficient (Wildman–Crippen LogP) is 4.02. The summed E-state index contributed by atoms with van der Waals surface area (Å²) in [4.78, 5) is 38.6. The second-order valence-electron chi connectivity index (χ2n) is 8.15. The van der Waals surface area contributed by atoms with E-state index in [1.165, 1.54) is 23.0 Å². The smallest absolute Gasteiger partial charge is 0.289 e. The third-order valence-corrected chi connectivity index (χ3v) is 6.36. The number of rotatable bonds is 4. The summed E-state index contributed by atoms with van der Waals surface area (Å²) in [6.45, 7) is 1.07. The van der Waals surface area contributed by atoms with Crippen LogP contribution in [0.2, 0.25) is 5.02 Å². The van der Waals surface area contributed by atoms with Crippen molar-refractivity contribution < 1.29 is 9.66 Å². The van der Waals surface area contributed by atoms with E-state index in [0.717, 1.165) is 12.8 Å². The molecule has 3 aromatic heterocycles. The van der Waals surface area contributed by atoms with Crippen molar-refractivity contribution in [3.05, 3.63) is 74.3 Å². The highest BCUT2D eigenvalue weighted by molar-refractivity contribution is 6.32. The van der Waals surface area contributed by atoms with Crippen molar-refractivity contribution in [3.8, 4) is 5.69 Å². The van der Waals surface area contributed by atoms with Crippen molar-refractivity contribution in [2.24, 2.45) is 0 Å². The highest BCUT2D eigenvalue weighted by Crippen LogP contribution is 2.32. The molecule has 0 radical (unpaired) electrons. The minimum absolute atomic E-state index is 0.0120. The molecule has 2 aromatic carbocycles. The van der Waals surface area contributed by atoms with Gasteiger partial charge in [0.15, 0.2) is 11.3 Å². The summed E-state index contributed by atoms with van der Waals surface area (Å²) in [6.07, 6.45) is 3.27. The van der Waals surface area contributed by atoms with Gasteiger partial charge < -0.3 is 4.74 Å². The van der Waals surface area contributed by atoms with Crippen molar-refractivity contribution in [1.82, 2.24) is 24.1 Å². The first-order valence-corrected chi connectivity index (χ1v) is 11.1. The summed E-state index contributed by atoms with van der Waals surface area (Å²) < 4.78 is 8.84. The van der Waals surface area contributed by atoms with Crippen LogP contribution in [0.25, 0.3) is 38.9 Å². The van der Waals surface area contributed by atoms with E-state index in [-0.39, 0.29) is 22.4 Å². The van der Waals surface area contributed by atoms with Crippen LogP contribution in [0.5, 0.6) is 0 Å². The molecular weight excluding hydrogens is 460 g/mol. The lowest BCUT2D eigenvalue weighted by Crippen LogP contribution is -2.26. The molecule has 1 aliphatic rings. The van der Waals surface area contributed by atoms with Crippen LogP contribution < -0.4 is 5.56 Å². The lowest BCUT2D eigenvalue weighted by atomic mass is 10.2. The van der Waals surface area contributed by atoms with Crippen molar-refractivity contribution in [2.75, 3.05) is 6.61 Å². The number of benzene rings is 2. The fraction of sp³-hybridized carbons (Fsp3) is 0.217. The van der Waals surface area contributed by atoms with Gasteiger partial charge in [-0.1, -0.05) is 23.7 Å². The molecule has 170 valence electrons. The largest absolute Gasteiger partial charge is 0.376 e. The van der Waals surface area contributed by atoms with Crippen molar-refractivity contribution in [2.45, 2.75) is 25.5 Å². The number of halogens is 1. The molecule has 0 unspecified atom stereocenters. The van der Waals surface area contributed by atoms with E-state index in [1.54, 1.807) is 10.6 Å². The maximum Gasteiger partial charge on any atom is 0.289 e. The maximum atomic E-state index is 13.6. The quantitative estimate of drug-likeness (QED) is 0.284. The fourth-order valence-electron chi connectivity index (χ4n) is 4.43. The lowest BCUT2D eigenvalue weighted by Gasteiger charge is -2.11. The summed E-state index contributed by atoms with van der Waals surface area (Å²) in [7, 11) is 0. The average Bonchev–Trinajstić information content (AvgIpc) is 3.45. The summed E-state index contributed by atoms with van der Waals surface area (Å²) in [6, 6.07) is 11.7. The zero-order chi connectivity index (χ0) is 23.4. The number of nitro benzene ring substituents is 1. The molecule has 11 heteroatoms. The first kappa shape index (κ1) is 20.7. The Labute approximate surface area is 196 Å². The van der Waals surface area contributed by atoms with Gasteiger partial charge >= 0.3 is 0 Å². The molecule has 1 saturated heterocycles. The van der Waals surface area contributed by atoms with Crippen LogP contribution in [-0.2, 0) is 11.3 Å². The molecule has 1 fully saturated rings. The van der Waals surface area contributed by atoms with Crippen LogP contribution in [0.15, 0.2) is 53.6 Å². The molecule has 34 heavy (non-hydrogen) atoms. The Hall–Kier alpha value is -3.89. The van der Waals surface area contributed by atoms with E-state index >= 15 is 0 Å². The first-order chi connectivity index (χ1) is 16.5. The SMILES string of the molecule is O=c1c2c3nc4ccccc4nc3n(-c3ccc(Cl)c([N+](=O)[O-])c3)c2ncn1C[C@H]1CCCO1. The van der Waals surface area contributed by atoms with E-state index in [4.69, 9.17) is 26.3 Å². The number of fused-ring (bicyclic) bond motifs is 4. The Morgan fingerprint density at radius 2 is 1.94 bits per heavy atom. The van der Waals surface area contributed by atoms with Gasteiger partial charge in [-0.15, -0.1) is 0 Å². The van der Waals surface area contributed by atoms with E-state index in [1.807, 2.05) is 24.3 Å². The molecule has 0 saturated carbocycles. The minimum atomic E-state index is -0.553. The number of nitrogens with zero attached hydrogens (tertiary/aromatic N) is 6. The van der Waals surface area contributed by atoms with Gasteiger partial charge in [0.25, 0.3) is 11.2 Å². The average molecular weight is 477 g/mol. The molecule has 0 N–H and O–H groups in total. The van der Waals surface area contributed by atoms with Crippen molar-refractivity contribution in [1.29, 1.82) is 0 Å². The summed E-state index contributed by atoms with van der Waals surface area (Å²) in [5, 5.41) is 11.8. The second kappa shape index (κ2) is 7.86. The monoisotopic (exact) mass is 476 g/mol. The maximum absolute atomic E-state index is 13.6. The molecule has 0 aliphatic carbocycles. The Bertz CT molecular complexity index is 1670. The molecule has 0 bridgehead atoms. The van der Waals surface area contributed by atoms with Crippen LogP contribution in [0.3, 0.4) is 0 Å². The molecule has 0 amide bonds. The van der Waals surface area contributed by atoms with Crippen LogP contribution >= 0.6 is 11.6 Å². The van der Waals surface area contributed by atoms with Gasteiger partial charge in [-0.2, -0.15) is 0 Å². The van der Waals surface area contributed by atoms with E-state index in [2.05, 4.69) is 4.98 Å². The standard InChI is InChI=1S/C23H17ClN6O4/c24-15-8-7-13(10-18(15)30(32)33)29-21-19(20-22(29)27-17-6-2-1-5-16(17)26-20)23(31)28(12-25-21)11-14-4-3-9-34-14/h1-2,5-8,10,12,14H,3-4,9,11H2/t14-/m1/s1. The van der Waals surface area contributed by atoms with E-state index in [9.17, 15) is 14.9 Å². The van der Waals surface area contributed by atoms with Crippen molar-refractivity contribution in [3.63, 3.8) is 0 Å². The van der Waals surface area contributed by atoms with Gasteiger partial charge in [0.2, 0.25) is 0 Å². The fourth-order valence-corrected chi connectivity index (χ4v) is 4.62. The zero-order valence-electron chi connectivity index (χ0n) is 17.7. The van der Waals surface area contributed by atoms with Gasteiger partial charge in [-0.3, -0.25) is 24.0 Å². The van der Waals surface area contributed by atoms with E-state index in [0.29, 0.717) is 52.1 Å². The third-order valence-electron chi connectivity index (χ3n) is 6.04. The molecule has 1 atom stereocenters. The molecule has 1 aliphatic heterocycles. The van der Waals surface area contributed by atoms with Crippen LogP contribution in [0, 0.1) is 10.1 Å². The summed E-state index contributed by atoms with van der Waals surface area (Å²) in [5.41, 5.74) is 2.22. The van der Waals surface area contributed by atoms with Gasteiger partial charge in [0.1, 0.15) is 22.3 Å². The molecule has 6 rings (SSSR count). The molecule has 4 heterocycles. The topological polar surface area (TPSA) is 118 Å². The summed E-state index contributed by atoms with van der Waals surface area (Å²) >= 11 is 6.03. The number of hydrogen-bond acceptors (Lipinski definition) is 7. The Morgan fingerprint density at radius 3 is 2.68 bits per heavy atom. The number of nitro groups is 1. The highest BCUT2D eigenvalue weighted by Gasteiger charge is 2.24. The molecule has 0 spiro atoms. The number of aromatic nitrogens is 5. The first-order valence-electron chi connectivity index (χ1n) is 10.7. The number of ether oxygens (including phenoxy) is 1. The van der Waals surface area contributed by atoms with E-state index < -0.39 is 4.92 Å². The minimum Gasteiger partial charge on any atom is -0.376 e. The molecular formula is C23H17ClN6O4. The van der Waals surface area contributed by atoms with Crippen LogP contribution in [0.1, 0.15) is 12.8 Å². The van der Waals surface area contributed by atoms with Crippen molar-refractivity contribution >= 4 is 50.5 Å². The normalized spacial score (nSPS) is 16.1. The number of para-hydroxylation sites is 2. The van der Waals surface area contributed by atoms with Gasteiger partial charge in [-0.25, -0.2) is 15.0 Å². The lowest BCUT2D eigenvalue weighted by molar-refractivity contribution is -0.384. The van der Waals surface area contributed by atoms with Crippen LogP contribution in [0.4, 0.5) is 5.69 Å². The van der Waals surface area contributed by atoms with Gasteiger partial charge in [0, 0.05) is 12.7 Å².